The zero-order valence-electron chi connectivity index (χ0n) is 20.3. The van der Waals surface area contributed by atoms with Gasteiger partial charge in [-0.1, -0.05) is 41.1 Å². The molecule has 1 heterocycles. The van der Waals surface area contributed by atoms with E-state index in [1.165, 1.54) is 18.2 Å². The Morgan fingerprint density at radius 3 is 2.58 bits per heavy atom. The minimum Gasteiger partial charge on any atom is -0.488 e. The van der Waals surface area contributed by atoms with Crippen LogP contribution >= 0.6 is 15.9 Å². The fraction of sp³-hybridized carbons (Fsp3) is 0.148. The van der Waals surface area contributed by atoms with Crippen LogP contribution in [0.25, 0.3) is 6.08 Å². The van der Waals surface area contributed by atoms with E-state index in [0.717, 1.165) is 14.9 Å². The molecule has 194 valence electrons. The summed E-state index contributed by atoms with van der Waals surface area (Å²) in [6.07, 6.45) is 2.19. The highest BCUT2D eigenvalue weighted by molar-refractivity contribution is 9.10. The molecule has 0 unspecified atom stereocenters. The highest BCUT2D eigenvalue weighted by Crippen LogP contribution is 2.28. The second kappa shape index (κ2) is 11.7. The second-order valence-electron chi connectivity index (χ2n) is 8.33. The molecule has 10 nitrogen and oxygen atoms in total. The van der Waals surface area contributed by atoms with E-state index < -0.39 is 29.3 Å². The van der Waals surface area contributed by atoms with Crippen LogP contribution in [0, 0.1) is 10.1 Å². The number of para-hydroxylation sites is 1. The maximum absolute atomic E-state index is 13.0. The van der Waals surface area contributed by atoms with Crippen molar-refractivity contribution in [2.75, 3.05) is 11.9 Å². The fourth-order valence-electron chi connectivity index (χ4n) is 3.79. The lowest BCUT2D eigenvalue weighted by atomic mass is 10.1. The summed E-state index contributed by atoms with van der Waals surface area (Å²) in [7, 11) is 0. The molecule has 0 radical (unpaired) electrons. The number of non-ortho nitro benzene ring substituents is 1. The van der Waals surface area contributed by atoms with E-state index >= 15 is 0 Å². The van der Waals surface area contributed by atoms with Gasteiger partial charge in [0.05, 0.1) is 4.92 Å². The van der Waals surface area contributed by atoms with Crippen molar-refractivity contribution in [3.05, 3.63) is 104 Å². The second-order valence-corrected chi connectivity index (χ2v) is 9.25. The molecule has 0 spiro atoms. The first-order valence-corrected chi connectivity index (χ1v) is 12.4. The molecule has 3 aromatic carbocycles. The van der Waals surface area contributed by atoms with Crippen molar-refractivity contribution in [1.82, 2.24) is 10.2 Å². The van der Waals surface area contributed by atoms with Crippen LogP contribution in [0.4, 0.5) is 16.2 Å². The number of nitrogens with one attached hydrogen (secondary N) is 2. The molecule has 0 saturated carbocycles. The highest BCUT2D eigenvalue weighted by atomic mass is 79.9. The fourth-order valence-corrected chi connectivity index (χ4v) is 4.17. The lowest BCUT2D eigenvalue weighted by Gasteiger charge is -2.13. The van der Waals surface area contributed by atoms with Crippen molar-refractivity contribution in [3.8, 4) is 5.75 Å². The number of aryl methyl sites for hydroxylation is 1. The van der Waals surface area contributed by atoms with Crippen molar-refractivity contribution in [2.24, 2.45) is 0 Å². The summed E-state index contributed by atoms with van der Waals surface area (Å²) in [4.78, 5) is 49.3. The third-order valence-electron chi connectivity index (χ3n) is 5.75. The number of nitrogens with zero attached hydrogens (tertiary/aromatic N) is 2. The summed E-state index contributed by atoms with van der Waals surface area (Å²) in [5.74, 6) is -0.714. The van der Waals surface area contributed by atoms with Crippen LogP contribution < -0.4 is 15.4 Å². The van der Waals surface area contributed by atoms with Gasteiger partial charge in [0.1, 0.15) is 24.6 Å². The number of urea groups is 1. The average molecular weight is 579 g/mol. The molecule has 3 aromatic rings. The van der Waals surface area contributed by atoms with Crippen LogP contribution in [-0.2, 0) is 22.6 Å². The number of ether oxygens (including phenoxy) is 1. The molecule has 0 aliphatic carbocycles. The summed E-state index contributed by atoms with van der Waals surface area (Å²) in [6.45, 7) is 1.65. The molecular formula is C27H23BrN4O6. The summed E-state index contributed by atoms with van der Waals surface area (Å²) in [5.41, 5.74) is 2.76. The summed E-state index contributed by atoms with van der Waals surface area (Å²) < 4.78 is 6.61. The number of nitro groups is 1. The predicted molar refractivity (Wildman–Crippen MR) is 144 cm³/mol. The van der Waals surface area contributed by atoms with Gasteiger partial charge in [-0.3, -0.25) is 19.7 Å². The summed E-state index contributed by atoms with van der Waals surface area (Å²) in [6, 6.07) is 17.8. The van der Waals surface area contributed by atoms with Gasteiger partial charge in [0.2, 0.25) is 5.91 Å². The molecule has 1 fully saturated rings. The SMILES string of the molecule is CCc1ccccc1NC(=O)CN1C(=O)N/C(=C/c2cc(Br)ccc2OCc2ccc([N+](=O)[O-])cc2)C1=O. The van der Waals surface area contributed by atoms with Gasteiger partial charge in [-0.15, -0.1) is 0 Å². The highest BCUT2D eigenvalue weighted by Gasteiger charge is 2.35. The molecule has 11 heteroatoms. The predicted octanol–water partition coefficient (Wildman–Crippen LogP) is 5.03. The Hall–Kier alpha value is -4.51. The van der Waals surface area contributed by atoms with Crippen LogP contribution in [0.5, 0.6) is 5.75 Å². The van der Waals surface area contributed by atoms with E-state index in [1.807, 2.05) is 19.1 Å². The first-order valence-electron chi connectivity index (χ1n) is 11.6. The first kappa shape index (κ1) is 26.6. The number of anilines is 1. The monoisotopic (exact) mass is 578 g/mol. The number of halogens is 1. The summed E-state index contributed by atoms with van der Waals surface area (Å²) in [5, 5.41) is 16.1. The van der Waals surface area contributed by atoms with Gasteiger partial charge >= 0.3 is 6.03 Å². The first-order chi connectivity index (χ1) is 18.2. The maximum Gasteiger partial charge on any atom is 0.329 e. The van der Waals surface area contributed by atoms with Crippen LogP contribution in [-0.4, -0.2) is 34.2 Å². The zero-order chi connectivity index (χ0) is 27.2. The molecular weight excluding hydrogens is 556 g/mol. The van der Waals surface area contributed by atoms with Crippen molar-refractivity contribution in [1.29, 1.82) is 0 Å². The minimum absolute atomic E-state index is 0.00459. The van der Waals surface area contributed by atoms with Crippen molar-refractivity contribution in [2.45, 2.75) is 20.0 Å². The van der Waals surface area contributed by atoms with Crippen LogP contribution in [0.3, 0.4) is 0 Å². The number of imide groups is 1. The van der Waals surface area contributed by atoms with Gasteiger partial charge in [-0.25, -0.2) is 9.69 Å². The third kappa shape index (κ3) is 6.24. The number of hydrogen-bond donors (Lipinski definition) is 2. The number of rotatable bonds is 9. The van der Waals surface area contributed by atoms with Crippen LogP contribution in [0.2, 0.25) is 0 Å². The number of nitro benzene ring substituents is 1. The number of benzene rings is 3. The van der Waals surface area contributed by atoms with Crippen molar-refractivity contribution >= 4 is 51.2 Å². The zero-order valence-corrected chi connectivity index (χ0v) is 21.9. The molecule has 1 saturated heterocycles. The van der Waals surface area contributed by atoms with Crippen molar-refractivity contribution < 1.29 is 24.0 Å². The molecule has 0 aromatic heterocycles. The van der Waals surface area contributed by atoms with Gasteiger partial charge < -0.3 is 15.4 Å². The quantitative estimate of drug-likeness (QED) is 0.158. The lowest BCUT2D eigenvalue weighted by molar-refractivity contribution is -0.384. The number of carbonyl (C=O) groups excluding carboxylic acids is 3. The van der Waals surface area contributed by atoms with E-state index in [1.54, 1.807) is 42.5 Å². The molecule has 2 N–H and O–H groups in total. The number of hydrogen-bond acceptors (Lipinski definition) is 6. The average Bonchev–Trinajstić information content (AvgIpc) is 3.16. The van der Waals surface area contributed by atoms with E-state index in [-0.39, 0.29) is 18.0 Å². The Labute approximate surface area is 226 Å². The molecule has 0 bridgehead atoms. The van der Waals surface area contributed by atoms with Crippen molar-refractivity contribution in [3.63, 3.8) is 0 Å². The number of amides is 4. The normalized spacial score (nSPS) is 13.9. The van der Waals surface area contributed by atoms with Gasteiger partial charge in [-0.2, -0.15) is 0 Å². The Morgan fingerprint density at radius 1 is 1.13 bits per heavy atom. The summed E-state index contributed by atoms with van der Waals surface area (Å²) >= 11 is 3.39. The maximum atomic E-state index is 13.0. The molecule has 0 atom stereocenters. The molecule has 4 rings (SSSR count). The van der Waals surface area contributed by atoms with Gasteiger partial charge in [0.15, 0.2) is 0 Å². The van der Waals surface area contributed by atoms with E-state index in [0.29, 0.717) is 29.0 Å². The van der Waals surface area contributed by atoms with Crippen LogP contribution in [0.1, 0.15) is 23.6 Å². The Balaban J connectivity index is 1.47. The Bertz CT molecular complexity index is 1440. The largest absolute Gasteiger partial charge is 0.488 e. The minimum atomic E-state index is -0.705. The Kier molecular flexibility index (Phi) is 8.17. The molecule has 1 aliphatic heterocycles. The Morgan fingerprint density at radius 2 is 1.87 bits per heavy atom. The van der Waals surface area contributed by atoms with Gasteiger partial charge in [0.25, 0.3) is 11.6 Å². The lowest BCUT2D eigenvalue weighted by Crippen LogP contribution is -2.38. The molecule has 1 aliphatic rings. The standard InChI is InChI=1S/C27H23BrN4O6/c1-2-18-5-3-4-6-22(18)29-25(33)15-31-26(34)23(30-27(31)35)14-19-13-20(28)9-12-24(19)38-16-17-7-10-21(11-8-17)32(36)37/h3-14H,2,15-16H2,1H3,(H,29,33)(H,30,35)/b23-14+. The van der Waals surface area contributed by atoms with E-state index in [9.17, 15) is 24.5 Å². The van der Waals surface area contributed by atoms with E-state index in [4.69, 9.17) is 4.74 Å². The van der Waals surface area contributed by atoms with Gasteiger partial charge in [-0.05, 0) is 60.0 Å². The van der Waals surface area contributed by atoms with E-state index in [2.05, 4.69) is 26.6 Å². The topological polar surface area (TPSA) is 131 Å². The smallest absolute Gasteiger partial charge is 0.329 e. The van der Waals surface area contributed by atoms with Crippen LogP contribution in [0.15, 0.2) is 76.9 Å². The molecule has 38 heavy (non-hydrogen) atoms. The van der Waals surface area contributed by atoms with Gasteiger partial charge in [0, 0.05) is 27.9 Å². The third-order valence-corrected chi connectivity index (χ3v) is 6.24. The molecule has 4 amide bonds. The number of carbonyl (C=O) groups is 3.